The lowest BCUT2D eigenvalue weighted by molar-refractivity contribution is 0.219. The molecule has 0 amide bonds. The molecule has 0 aliphatic heterocycles. The molecule has 1 aliphatic carbocycles. The fourth-order valence-corrected chi connectivity index (χ4v) is 3.77. The molecule has 6 heteroatoms. The number of hydrogen-bond acceptors (Lipinski definition) is 4. The highest BCUT2D eigenvalue weighted by Crippen LogP contribution is 2.35. The largest absolute Gasteiger partial charge is 0.325 e. The van der Waals surface area contributed by atoms with Crippen LogP contribution in [-0.4, -0.2) is 19.9 Å². The van der Waals surface area contributed by atoms with Gasteiger partial charge in [0.05, 0.1) is 5.69 Å². The number of nitrogens with one attached hydrogen (secondary N) is 1. The van der Waals surface area contributed by atoms with Crippen molar-refractivity contribution in [3.63, 3.8) is 0 Å². The Balaban J connectivity index is 2.02. The van der Waals surface area contributed by atoms with E-state index in [1.165, 1.54) is 25.5 Å². The zero-order chi connectivity index (χ0) is 14.6. The summed E-state index contributed by atoms with van der Waals surface area (Å²) in [5, 5.41) is 0. The quantitative estimate of drug-likeness (QED) is 0.867. The maximum Gasteiger partial charge on any atom is 0.242 e. The number of aromatic nitrogens is 1. The average molecular weight is 297 g/mol. The van der Waals surface area contributed by atoms with Crippen LogP contribution in [0.25, 0.3) is 0 Å². The van der Waals surface area contributed by atoms with Crippen LogP contribution >= 0.6 is 0 Å². The van der Waals surface area contributed by atoms with E-state index in [9.17, 15) is 8.42 Å². The van der Waals surface area contributed by atoms with Crippen LogP contribution in [0.3, 0.4) is 0 Å². The molecular formula is C14H23N3O2S. The van der Waals surface area contributed by atoms with Crippen molar-refractivity contribution in [3.8, 4) is 0 Å². The van der Waals surface area contributed by atoms with Gasteiger partial charge in [-0.25, -0.2) is 13.1 Å². The van der Waals surface area contributed by atoms with Gasteiger partial charge in [-0.2, -0.15) is 0 Å². The lowest BCUT2D eigenvalue weighted by Crippen LogP contribution is -2.37. The Kier molecular flexibility index (Phi) is 4.78. The standard InChI is InChI=1S/C14H23N3O2S/c1-14(7-3-2-4-8-14)11-17-20(18,19)13-6-5-12(9-15)16-10-13/h5-6,10,17H,2-4,7-9,11,15H2,1H3. The summed E-state index contributed by atoms with van der Waals surface area (Å²) in [6.45, 7) is 2.96. The molecule has 0 saturated heterocycles. The van der Waals surface area contributed by atoms with Gasteiger partial charge in [0.25, 0.3) is 0 Å². The van der Waals surface area contributed by atoms with E-state index < -0.39 is 10.0 Å². The predicted molar refractivity (Wildman–Crippen MR) is 78.5 cm³/mol. The van der Waals surface area contributed by atoms with Crippen LogP contribution in [-0.2, 0) is 16.6 Å². The fraction of sp³-hybridized carbons (Fsp3) is 0.643. The molecule has 5 nitrogen and oxygen atoms in total. The molecule has 0 atom stereocenters. The number of rotatable bonds is 5. The Bertz CT molecular complexity index is 534. The number of sulfonamides is 1. The van der Waals surface area contributed by atoms with E-state index in [1.54, 1.807) is 12.1 Å². The first-order valence-electron chi connectivity index (χ1n) is 7.10. The number of hydrogen-bond donors (Lipinski definition) is 2. The van der Waals surface area contributed by atoms with Crippen molar-refractivity contribution >= 4 is 10.0 Å². The molecule has 0 radical (unpaired) electrons. The Labute approximate surface area is 121 Å². The van der Waals surface area contributed by atoms with Gasteiger partial charge in [-0.15, -0.1) is 0 Å². The average Bonchev–Trinajstić information content (AvgIpc) is 2.46. The summed E-state index contributed by atoms with van der Waals surface area (Å²) in [6.07, 6.45) is 7.16. The van der Waals surface area contributed by atoms with Gasteiger partial charge < -0.3 is 5.73 Å². The van der Waals surface area contributed by atoms with E-state index in [4.69, 9.17) is 5.73 Å². The Hall–Kier alpha value is -0.980. The molecule has 1 fully saturated rings. The van der Waals surface area contributed by atoms with Gasteiger partial charge in [-0.3, -0.25) is 4.98 Å². The zero-order valence-corrected chi connectivity index (χ0v) is 12.7. The molecular weight excluding hydrogens is 274 g/mol. The summed E-state index contributed by atoms with van der Waals surface area (Å²) in [6, 6.07) is 3.21. The van der Waals surface area contributed by atoms with Gasteiger partial charge in [0.2, 0.25) is 10.0 Å². The molecule has 20 heavy (non-hydrogen) atoms. The van der Waals surface area contributed by atoms with E-state index >= 15 is 0 Å². The minimum atomic E-state index is -3.48. The van der Waals surface area contributed by atoms with Crippen LogP contribution in [0, 0.1) is 5.41 Å². The summed E-state index contributed by atoms with van der Waals surface area (Å²) in [7, 11) is -3.48. The number of nitrogens with zero attached hydrogens (tertiary/aromatic N) is 1. The van der Waals surface area contributed by atoms with Crippen molar-refractivity contribution < 1.29 is 8.42 Å². The smallest absolute Gasteiger partial charge is 0.242 e. The highest BCUT2D eigenvalue weighted by atomic mass is 32.2. The summed E-state index contributed by atoms with van der Waals surface area (Å²) in [4.78, 5) is 4.23. The van der Waals surface area contributed by atoms with Crippen LogP contribution in [0.2, 0.25) is 0 Å². The van der Waals surface area contributed by atoms with E-state index in [-0.39, 0.29) is 10.3 Å². The number of pyridine rings is 1. The van der Waals surface area contributed by atoms with E-state index in [0.29, 0.717) is 18.8 Å². The van der Waals surface area contributed by atoms with Gasteiger partial charge in [0.15, 0.2) is 0 Å². The van der Waals surface area contributed by atoms with Crippen LogP contribution in [0.1, 0.15) is 44.7 Å². The van der Waals surface area contributed by atoms with Gasteiger partial charge in [0, 0.05) is 19.3 Å². The first-order chi connectivity index (χ1) is 9.45. The van der Waals surface area contributed by atoms with Crippen molar-refractivity contribution in [1.82, 2.24) is 9.71 Å². The van der Waals surface area contributed by atoms with Crippen molar-refractivity contribution in [2.45, 2.75) is 50.5 Å². The molecule has 1 aliphatic rings. The van der Waals surface area contributed by atoms with Crippen molar-refractivity contribution in [3.05, 3.63) is 24.0 Å². The van der Waals surface area contributed by atoms with Gasteiger partial charge in [-0.05, 0) is 30.4 Å². The van der Waals surface area contributed by atoms with Gasteiger partial charge in [-0.1, -0.05) is 26.2 Å². The van der Waals surface area contributed by atoms with Crippen LogP contribution < -0.4 is 10.5 Å². The van der Waals surface area contributed by atoms with Crippen molar-refractivity contribution in [2.75, 3.05) is 6.54 Å². The lowest BCUT2D eigenvalue weighted by atomic mass is 9.76. The third-order valence-corrected chi connectivity index (χ3v) is 5.45. The second-order valence-corrected chi connectivity index (χ2v) is 7.65. The van der Waals surface area contributed by atoms with E-state index in [0.717, 1.165) is 12.8 Å². The minimum absolute atomic E-state index is 0.0793. The molecule has 0 bridgehead atoms. The SMILES string of the molecule is CC1(CNS(=O)(=O)c2ccc(CN)nc2)CCCCC1. The third kappa shape index (κ3) is 3.77. The monoisotopic (exact) mass is 297 g/mol. The second-order valence-electron chi connectivity index (χ2n) is 5.89. The summed E-state index contributed by atoms with van der Waals surface area (Å²) < 4.78 is 27.2. The fourth-order valence-electron chi connectivity index (χ4n) is 2.63. The summed E-state index contributed by atoms with van der Waals surface area (Å²) in [5.74, 6) is 0. The number of nitrogens with two attached hydrogens (primary N) is 1. The summed E-state index contributed by atoms with van der Waals surface area (Å²) in [5.41, 5.74) is 6.22. The third-order valence-electron chi connectivity index (χ3n) is 4.07. The lowest BCUT2D eigenvalue weighted by Gasteiger charge is -2.33. The highest BCUT2D eigenvalue weighted by Gasteiger charge is 2.28. The molecule has 2 rings (SSSR count). The van der Waals surface area contributed by atoms with Crippen LogP contribution in [0.15, 0.2) is 23.2 Å². The molecule has 0 unspecified atom stereocenters. The maximum absolute atomic E-state index is 12.2. The Morgan fingerprint density at radius 3 is 2.55 bits per heavy atom. The summed E-state index contributed by atoms with van der Waals surface area (Å²) >= 11 is 0. The molecule has 1 heterocycles. The van der Waals surface area contributed by atoms with Crippen LogP contribution in [0.5, 0.6) is 0 Å². The molecule has 1 aromatic rings. The van der Waals surface area contributed by atoms with Crippen molar-refractivity contribution in [2.24, 2.45) is 11.1 Å². The molecule has 1 aromatic heterocycles. The topological polar surface area (TPSA) is 85.1 Å². The predicted octanol–water partition coefficient (Wildman–Crippen LogP) is 1.79. The Morgan fingerprint density at radius 2 is 2.00 bits per heavy atom. The normalized spacial score (nSPS) is 18.9. The van der Waals surface area contributed by atoms with E-state index in [1.807, 2.05) is 0 Å². The molecule has 3 N–H and O–H groups in total. The first-order valence-corrected chi connectivity index (χ1v) is 8.58. The van der Waals surface area contributed by atoms with Gasteiger partial charge in [0.1, 0.15) is 4.90 Å². The molecule has 1 saturated carbocycles. The van der Waals surface area contributed by atoms with E-state index in [2.05, 4.69) is 16.6 Å². The first kappa shape index (κ1) is 15.4. The highest BCUT2D eigenvalue weighted by molar-refractivity contribution is 7.89. The Morgan fingerprint density at radius 1 is 1.30 bits per heavy atom. The van der Waals surface area contributed by atoms with Crippen LogP contribution in [0.4, 0.5) is 0 Å². The second kappa shape index (κ2) is 6.20. The van der Waals surface area contributed by atoms with Gasteiger partial charge >= 0.3 is 0 Å². The minimum Gasteiger partial charge on any atom is -0.325 e. The maximum atomic E-state index is 12.2. The molecule has 0 aromatic carbocycles. The molecule has 0 spiro atoms. The molecule has 112 valence electrons. The van der Waals surface area contributed by atoms with Crippen molar-refractivity contribution in [1.29, 1.82) is 0 Å². The zero-order valence-electron chi connectivity index (χ0n) is 11.9.